The molecule has 0 aliphatic carbocycles. The quantitative estimate of drug-likeness (QED) is 0.422. The molecule has 0 saturated heterocycles. The first kappa shape index (κ1) is 19.6. The number of carbonyl (C=O) groups excluding carboxylic acids is 1. The second-order valence-electron chi connectivity index (χ2n) is 6.72. The zero-order valence-corrected chi connectivity index (χ0v) is 16.4. The fourth-order valence-corrected chi connectivity index (χ4v) is 3.51. The second-order valence-corrected chi connectivity index (χ2v) is 6.72. The lowest BCUT2D eigenvalue weighted by Gasteiger charge is -2.13. The highest BCUT2D eigenvalue weighted by Crippen LogP contribution is 2.31. The number of ether oxygens (including phenoxy) is 1. The van der Waals surface area contributed by atoms with Crippen molar-refractivity contribution in [2.45, 2.75) is 46.0 Å². The van der Waals surface area contributed by atoms with Gasteiger partial charge in [0.2, 0.25) is 0 Å². The molecule has 2 heterocycles. The second kappa shape index (κ2) is 9.18. The van der Waals surface area contributed by atoms with Crippen LogP contribution < -0.4 is 0 Å². The molecule has 0 aliphatic rings. The van der Waals surface area contributed by atoms with E-state index in [1.165, 1.54) is 0 Å². The molecule has 0 bridgehead atoms. The van der Waals surface area contributed by atoms with Crippen molar-refractivity contribution in [3.8, 4) is 17.2 Å². The third-order valence-electron chi connectivity index (χ3n) is 4.87. The summed E-state index contributed by atoms with van der Waals surface area (Å²) in [5.74, 6) is -0.141. The molecule has 0 amide bonds. The first-order valence-electron chi connectivity index (χ1n) is 9.82. The average molecular weight is 375 g/mol. The summed E-state index contributed by atoms with van der Waals surface area (Å²) >= 11 is 0. The van der Waals surface area contributed by atoms with Gasteiger partial charge in [0.1, 0.15) is 0 Å². The molecule has 1 aromatic carbocycles. The van der Waals surface area contributed by atoms with E-state index in [1.54, 1.807) is 0 Å². The number of hydrogen-bond donors (Lipinski definition) is 0. The molecule has 0 atom stereocenters. The average Bonchev–Trinajstić information content (AvgIpc) is 3.14. The van der Waals surface area contributed by atoms with E-state index in [9.17, 15) is 10.1 Å². The number of fused-ring (bicyclic) bond motifs is 1. The van der Waals surface area contributed by atoms with Gasteiger partial charge in [0.25, 0.3) is 0 Å². The Labute approximate surface area is 165 Å². The van der Waals surface area contributed by atoms with Crippen molar-refractivity contribution >= 4 is 11.5 Å². The molecule has 0 unspecified atom stereocenters. The summed E-state index contributed by atoms with van der Waals surface area (Å²) in [6.45, 7) is 4.36. The predicted molar refractivity (Wildman–Crippen MR) is 109 cm³/mol. The maximum absolute atomic E-state index is 11.6. The number of esters is 1. The van der Waals surface area contributed by atoms with Gasteiger partial charge in [-0.15, -0.1) is 0 Å². The Morgan fingerprint density at radius 3 is 2.82 bits per heavy atom. The van der Waals surface area contributed by atoms with Crippen LogP contribution in [0.25, 0.3) is 16.6 Å². The molecule has 0 saturated carbocycles. The third kappa shape index (κ3) is 4.23. The molecule has 0 radical (unpaired) electrons. The Hall–Kier alpha value is -3.13. The number of unbranched alkanes of at least 4 members (excludes halogenated alkanes) is 1. The normalized spacial score (nSPS) is 10.8. The fraction of sp³-hybridized carbons (Fsp3) is 0.348. The largest absolute Gasteiger partial charge is 0.466 e. The summed E-state index contributed by atoms with van der Waals surface area (Å²) in [4.78, 5) is 11.6. The standard InChI is InChI=1S/C23H25N3O2/c1-3-20-12-13-21-23(18-10-7-8-17(14-18)15-24)19(16-25-26(20)21)9-5-6-11-22(27)28-4-2/h7-8,10,12-14,16H,3-6,9,11H2,1-2H3. The highest BCUT2D eigenvalue weighted by Gasteiger charge is 2.14. The minimum atomic E-state index is -0.141. The third-order valence-corrected chi connectivity index (χ3v) is 4.87. The van der Waals surface area contributed by atoms with Crippen molar-refractivity contribution in [3.05, 3.63) is 59.4 Å². The molecule has 0 N–H and O–H groups in total. The lowest BCUT2D eigenvalue weighted by Crippen LogP contribution is -2.04. The van der Waals surface area contributed by atoms with Crippen molar-refractivity contribution in [3.63, 3.8) is 0 Å². The van der Waals surface area contributed by atoms with E-state index in [1.807, 2.05) is 41.9 Å². The summed E-state index contributed by atoms with van der Waals surface area (Å²) in [6, 6.07) is 14.1. The van der Waals surface area contributed by atoms with Gasteiger partial charge in [-0.25, -0.2) is 4.52 Å². The van der Waals surface area contributed by atoms with Crippen LogP contribution in [0.4, 0.5) is 0 Å². The molecule has 2 aromatic heterocycles. The van der Waals surface area contributed by atoms with E-state index in [0.717, 1.165) is 53.6 Å². The Bertz CT molecular complexity index is 1010. The molecule has 0 spiro atoms. The molecule has 144 valence electrons. The van der Waals surface area contributed by atoms with Gasteiger partial charge in [0.15, 0.2) is 0 Å². The Balaban J connectivity index is 1.93. The first-order chi connectivity index (χ1) is 13.7. The lowest BCUT2D eigenvalue weighted by atomic mass is 9.96. The number of aromatic nitrogens is 2. The molecule has 0 fully saturated rings. The van der Waals surface area contributed by atoms with Crippen LogP contribution in [0.3, 0.4) is 0 Å². The smallest absolute Gasteiger partial charge is 0.305 e. The fourth-order valence-electron chi connectivity index (χ4n) is 3.51. The van der Waals surface area contributed by atoms with Crippen LogP contribution in [0, 0.1) is 11.3 Å². The highest BCUT2D eigenvalue weighted by atomic mass is 16.5. The molecule has 5 heteroatoms. The zero-order valence-electron chi connectivity index (χ0n) is 16.4. The van der Waals surface area contributed by atoms with Crippen LogP contribution in [0.5, 0.6) is 0 Å². The molecule has 3 rings (SSSR count). The van der Waals surface area contributed by atoms with E-state index in [-0.39, 0.29) is 5.97 Å². The van der Waals surface area contributed by atoms with E-state index in [0.29, 0.717) is 18.6 Å². The van der Waals surface area contributed by atoms with Crippen LogP contribution in [0.2, 0.25) is 0 Å². The Morgan fingerprint density at radius 1 is 1.21 bits per heavy atom. The van der Waals surface area contributed by atoms with Crippen molar-refractivity contribution in [2.24, 2.45) is 0 Å². The number of benzene rings is 1. The number of nitriles is 1. The van der Waals surface area contributed by atoms with Crippen LogP contribution in [-0.4, -0.2) is 22.2 Å². The van der Waals surface area contributed by atoms with E-state index >= 15 is 0 Å². The zero-order chi connectivity index (χ0) is 19.9. The maximum atomic E-state index is 11.6. The first-order valence-corrected chi connectivity index (χ1v) is 9.82. The Kier molecular flexibility index (Phi) is 6.44. The minimum absolute atomic E-state index is 0.141. The van der Waals surface area contributed by atoms with Crippen LogP contribution in [0.1, 0.15) is 49.9 Å². The number of aryl methyl sites for hydroxylation is 2. The van der Waals surface area contributed by atoms with Crippen LogP contribution >= 0.6 is 0 Å². The summed E-state index contributed by atoms with van der Waals surface area (Å²) in [5, 5.41) is 13.9. The molecular weight excluding hydrogens is 350 g/mol. The van der Waals surface area contributed by atoms with Gasteiger partial charge in [-0.05, 0) is 68.0 Å². The predicted octanol–water partition coefficient (Wildman–Crippen LogP) is 4.71. The van der Waals surface area contributed by atoms with Crippen molar-refractivity contribution < 1.29 is 9.53 Å². The van der Waals surface area contributed by atoms with Crippen molar-refractivity contribution in [1.82, 2.24) is 9.61 Å². The van der Waals surface area contributed by atoms with Gasteiger partial charge in [-0.3, -0.25) is 4.79 Å². The highest BCUT2D eigenvalue weighted by molar-refractivity contribution is 5.83. The van der Waals surface area contributed by atoms with Gasteiger partial charge in [0.05, 0.1) is 30.0 Å². The van der Waals surface area contributed by atoms with E-state index in [4.69, 9.17) is 4.74 Å². The maximum Gasteiger partial charge on any atom is 0.305 e. The van der Waals surface area contributed by atoms with E-state index in [2.05, 4.69) is 30.2 Å². The van der Waals surface area contributed by atoms with Gasteiger partial charge in [-0.1, -0.05) is 19.1 Å². The van der Waals surface area contributed by atoms with Gasteiger partial charge in [0, 0.05) is 17.7 Å². The van der Waals surface area contributed by atoms with Gasteiger partial charge < -0.3 is 4.74 Å². The summed E-state index contributed by atoms with van der Waals surface area (Å²) in [7, 11) is 0. The van der Waals surface area contributed by atoms with Gasteiger partial charge >= 0.3 is 5.97 Å². The van der Waals surface area contributed by atoms with Gasteiger partial charge in [-0.2, -0.15) is 10.4 Å². The summed E-state index contributed by atoms with van der Waals surface area (Å²) in [6.07, 6.45) is 5.74. The molecule has 3 aromatic rings. The topological polar surface area (TPSA) is 67.4 Å². The van der Waals surface area contributed by atoms with Crippen LogP contribution in [0.15, 0.2) is 42.6 Å². The van der Waals surface area contributed by atoms with Crippen molar-refractivity contribution in [1.29, 1.82) is 5.26 Å². The minimum Gasteiger partial charge on any atom is -0.466 e. The molecule has 28 heavy (non-hydrogen) atoms. The van der Waals surface area contributed by atoms with Crippen LogP contribution in [-0.2, 0) is 22.4 Å². The van der Waals surface area contributed by atoms with E-state index < -0.39 is 0 Å². The molecule has 0 aliphatic heterocycles. The van der Waals surface area contributed by atoms with Crippen molar-refractivity contribution in [2.75, 3.05) is 6.61 Å². The molecule has 5 nitrogen and oxygen atoms in total. The monoisotopic (exact) mass is 375 g/mol. The SMILES string of the molecule is CCOC(=O)CCCCc1cnn2c(CC)ccc2c1-c1cccc(C#N)c1. The number of rotatable bonds is 8. The lowest BCUT2D eigenvalue weighted by molar-refractivity contribution is -0.143. The number of hydrogen-bond acceptors (Lipinski definition) is 4. The molecular formula is C23H25N3O2. The Morgan fingerprint density at radius 2 is 2.07 bits per heavy atom. The number of carbonyl (C=O) groups is 1. The summed E-state index contributed by atoms with van der Waals surface area (Å²) < 4.78 is 6.98. The summed E-state index contributed by atoms with van der Waals surface area (Å²) in [5.41, 5.74) is 6.11. The number of nitrogens with zero attached hydrogens (tertiary/aromatic N) is 3.